The zero-order valence-electron chi connectivity index (χ0n) is 6.00. The van der Waals surface area contributed by atoms with Gasteiger partial charge in [0.1, 0.15) is 0 Å². The fraction of sp³-hybridized carbons (Fsp3) is 1.00. The molecule has 0 aliphatic rings. The van der Waals surface area contributed by atoms with Crippen molar-refractivity contribution < 1.29 is 0 Å². The van der Waals surface area contributed by atoms with E-state index < -0.39 is 0 Å². The van der Waals surface area contributed by atoms with E-state index in [0.717, 1.165) is 6.42 Å². The average Bonchev–Trinajstić information content (AvgIpc) is 1.30. The van der Waals surface area contributed by atoms with Gasteiger partial charge in [0.15, 0.2) is 0 Å². The van der Waals surface area contributed by atoms with E-state index in [1.54, 1.807) is 0 Å². The smallest absolute Gasteiger partial charge is 0.0390 e. The highest BCUT2D eigenvalue weighted by molar-refractivity contribution is 6.23. The Bertz CT molecular complexity index is 47.0. The molecule has 0 aromatic rings. The Hall–Kier alpha value is 0.250. The molecular formula is C6H16ClN. The molecule has 0 radical (unpaired) electrons. The van der Waals surface area contributed by atoms with Crippen LogP contribution in [0.15, 0.2) is 0 Å². The van der Waals surface area contributed by atoms with Crippen LogP contribution in [0.1, 0.15) is 33.6 Å². The highest BCUT2D eigenvalue weighted by Gasteiger charge is 2.09. The zero-order chi connectivity index (χ0) is 5.91. The van der Waals surface area contributed by atoms with Crippen molar-refractivity contribution in [2.75, 3.05) is 0 Å². The largest absolute Gasteiger partial charge is 0.344 e. The SMILES string of the molecule is CCCC(C)(C)Cl.N. The van der Waals surface area contributed by atoms with E-state index in [9.17, 15) is 0 Å². The van der Waals surface area contributed by atoms with Crippen molar-refractivity contribution in [2.24, 2.45) is 0 Å². The van der Waals surface area contributed by atoms with Crippen molar-refractivity contribution >= 4 is 11.6 Å². The average molecular weight is 138 g/mol. The number of alkyl halides is 1. The van der Waals surface area contributed by atoms with E-state index >= 15 is 0 Å². The summed E-state index contributed by atoms with van der Waals surface area (Å²) >= 11 is 5.83. The highest BCUT2D eigenvalue weighted by Crippen LogP contribution is 2.18. The quantitative estimate of drug-likeness (QED) is 0.584. The molecule has 8 heavy (non-hydrogen) atoms. The van der Waals surface area contributed by atoms with Crippen LogP contribution in [0.3, 0.4) is 0 Å². The molecule has 52 valence electrons. The summed E-state index contributed by atoms with van der Waals surface area (Å²) in [6.45, 7) is 6.22. The molecule has 0 fully saturated rings. The molecule has 0 saturated carbocycles. The van der Waals surface area contributed by atoms with E-state index in [-0.39, 0.29) is 11.0 Å². The van der Waals surface area contributed by atoms with Gasteiger partial charge in [-0.25, -0.2) is 0 Å². The van der Waals surface area contributed by atoms with Crippen molar-refractivity contribution in [3.8, 4) is 0 Å². The van der Waals surface area contributed by atoms with Crippen LogP contribution < -0.4 is 6.15 Å². The lowest BCUT2D eigenvalue weighted by Crippen LogP contribution is -2.07. The van der Waals surface area contributed by atoms with Gasteiger partial charge in [-0.05, 0) is 20.3 Å². The Morgan fingerprint density at radius 1 is 1.38 bits per heavy atom. The third-order valence-electron chi connectivity index (χ3n) is 0.844. The van der Waals surface area contributed by atoms with Crippen molar-refractivity contribution in [3.05, 3.63) is 0 Å². The predicted molar refractivity (Wildman–Crippen MR) is 39.9 cm³/mol. The molecule has 0 heterocycles. The normalized spacial score (nSPS) is 10.5. The van der Waals surface area contributed by atoms with Gasteiger partial charge < -0.3 is 6.15 Å². The minimum Gasteiger partial charge on any atom is -0.344 e. The van der Waals surface area contributed by atoms with E-state index in [1.165, 1.54) is 6.42 Å². The van der Waals surface area contributed by atoms with Gasteiger partial charge in [0.2, 0.25) is 0 Å². The molecule has 0 aromatic carbocycles. The fourth-order valence-electron chi connectivity index (χ4n) is 0.594. The summed E-state index contributed by atoms with van der Waals surface area (Å²) in [4.78, 5) is 0.0226. The molecule has 0 aromatic heterocycles. The maximum atomic E-state index is 5.83. The molecule has 0 unspecified atom stereocenters. The standard InChI is InChI=1S/C6H13Cl.H3N/c1-4-5-6(2,3)7;/h4-5H2,1-3H3;1H3. The van der Waals surface area contributed by atoms with Crippen LogP contribution in [-0.4, -0.2) is 4.87 Å². The lowest BCUT2D eigenvalue weighted by Gasteiger charge is -2.12. The zero-order valence-corrected chi connectivity index (χ0v) is 6.76. The molecule has 3 N–H and O–H groups in total. The molecule has 0 bridgehead atoms. The number of hydrogen-bond acceptors (Lipinski definition) is 1. The minimum atomic E-state index is 0. The number of rotatable bonds is 2. The molecule has 0 amide bonds. The first-order chi connectivity index (χ1) is 3.06. The molecule has 1 nitrogen and oxygen atoms in total. The van der Waals surface area contributed by atoms with Crippen LogP contribution >= 0.6 is 11.6 Å². The van der Waals surface area contributed by atoms with E-state index in [0.29, 0.717) is 0 Å². The molecule has 0 atom stereocenters. The summed E-state index contributed by atoms with van der Waals surface area (Å²) in [6.07, 6.45) is 2.28. The number of halogens is 1. The first-order valence-corrected chi connectivity index (χ1v) is 3.13. The van der Waals surface area contributed by atoms with Crippen LogP contribution in [0.5, 0.6) is 0 Å². The minimum absolute atomic E-state index is 0. The summed E-state index contributed by atoms with van der Waals surface area (Å²) in [7, 11) is 0. The van der Waals surface area contributed by atoms with Crippen molar-refractivity contribution in [3.63, 3.8) is 0 Å². The Balaban J connectivity index is 0. The van der Waals surface area contributed by atoms with Crippen molar-refractivity contribution in [1.29, 1.82) is 0 Å². The second-order valence-corrected chi connectivity index (χ2v) is 3.49. The second kappa shape index (κ2) is 4.16. The first kappa shape index (κ1) is 11.1. The third-order valence-corrected chi connectivity index (χ3v) is 1.03. The molecule has 0 aliphatic carbocycles. The maximum Gasteiger partial charge on any atom is 0.0390 e. The van der Waals surface area contributed by atoms with Gasteiger partial charge in [0.25, 0.3) is 0 Å². The summed E-state index contributed by atoms with van der Waals surface area (Å²) in [5.74, 6) is 0. The molecule has 2 heteroatoms. The monoisotopic (exact) mass is 137 g/mol. The predicted octanol–water partition coefficient (Wildman–Crippen LogP) is 2.97. The maximum absolute atomic E-state index is 5.83. The van der Waals surface area contributed by atoms with E-state index in [2.05, 4.69) is 6.92 Å². The second-order valence-electron chi connectivity index (χ2n) is 2.47. The Kier molecular flexibility index (Phi) is 5.77. The molecule has 0 aliphatic heterocycles. The van der Waals surface area contributed by atoms with Crippen molar-refractivity contribution in [2.45, 2.75) is 38.5 Å². The molecule has 0 saturated heterocycles. The van der Waals surface area contributed by atoms with Gasteiger partial charge in [-0.15, -0.1) is 11.6 Å². The third kappa shape index (κ3) is 9.54. The van der Waals surface area contributed by atoms with Crippen LogP contribution in [-0.2, 0) is 0 Å². The fourth-order valence-corrected chi connectivity index (χ4v) is 0.783. The van der Waals surface area contributed by atoms with Crippen LogP contribution in [0.2, 0.25) is 0 Å². The topological polar surface area (TPSA) is 35.0 Å². The summed E-state index contributed by atoms with van der Waals surface area (Å²) in [5.41, 5.74) is 0. The van der Waals surface area contributed by atoms with Gasteiger partial charge in [-0.3, -0.25) is 0 Å². The molecule has 0 rings (SSSR count). The summed E-state index contributed by atoms with van der Waals surface area (Å²) in [5, 5.41) is 0. The summed E-state index contributed by atoms with van der Waals surface area (Å²) < 4.78 is 0. The van der Waals surface area contributed by atoms with Gasteiger partial charge in [0.05, 0.1) is 0 Å². The van der Waals surface area contributed by atoms with Gasteiger partial charge in [-0.2, -0.15) is 0 Å². The van der Waals surface area contributed by atoms with E-state index in [4.69, 9.17) is 11.6 Å². The van der Waals surface area contributed by atoms with Gasteiger partial charge in [0, 0.05) is 4.87 Å². The van der Waals surface area contributed by atoms with Crippen molar-refractivity contribution in [1.82, 2.24) is 6.15 Å². The Morgan fingerprint density at radius 3 is 1.75 bits per heavy atom. The Labute approximate surface area is 57.0 Å². The van der Waals surface area contributed by atoms with Crippen LogP contribution in [0.25, 0.3) is 0 Å². The van der Waals surface area contributed by atoms with Gasteiger partial charge >= 0.3 is 0 Å². The lowest BCUT2D eigenvalue weighted by atomic mass is 10.1. The van der Waals surface area contributed by atoms with Crippen LogP contribution in [0, 0.1) is 0 Å². The van der Waals surface area contributed by atoms with Crippen LogP contribution in [0.4, 0.5) is 0 Å². The molecule has 0 spiro atoms. The molecular weight excluding hydrogens is 122 g/mol. The number of hydrogen-bond donors (Lipinski definition) is 1. The Morgan fingerprint density at radius 2 is 1.75 bits per heavy atom. The lowest BCUT2D eigenvalue weighted by molar-refractivity contribution is 0.615. The summed E-state index contributed by atoms with van der Waals surface area (Å²) in [6, 6.07) is 0. The highest BCUT2D eigenvalue weighted by atomic mass is 35.5. The first-order valence-electron chi connectivity index (χ1n) is 2.75. The van der Waals surface area contributed by atoms with E-state index in [1.807, 2.05) is 13.8 Å². The van der Waals surface area contributed by atoms with Gasteiger partial charge in [-0.1, -0.05) is 13.3 Å².